The van der Waals surface area contributed by atoms with Gasteiger partial charge in [0.1, 0.15) is 0 Å². The van der Waals surface area contributed by atoms with E-state index in [0.717, 1.165) is 18.4 Å². The molecule has 80 valence electrons. The average molecular weight is 196 g/mol. The SMILES string of the molecule is CC1CC1CN(C)C(=O)NC1CCC1. The van der Waals surface area contributed by atoms with E-state index in [0.29, 0.717) is 6.04 Å². The van der Waals surface area contributed by atoms with Crippen LogP contribution in [0.2, 0.25) is 0 Å². The molecule has 2 fully saturated rings. The second-order valence-corrected chi connectivity index (χ2v) is 4.93. The lowest BCUT2D eigenvalue weighted by atomic mass is 9.93. The van der Waals surface area contributed by atoms with Gasteiger partial charge in [0, 0.05) is 19.6 Å². The van der Waals surface area contributed by atoms with Crippen LogP contribution in [-0.2, 0) is 0 Å². The Kier molecular flexibility index (Phi) is 2.66. The lowest BCUT2D eigenvalue weighted by Gasteiger charge is -2.29. The molecule has 3 heteroatoms. The summed E-state index contributed by atoms with van der Waals surface area (Å²) < 4.78 is 0. The Morgan fingerprint density at radius 3 is 2.57 bits per heavy atom. The number of carbonyl (C=O) groups excluding carboxylic acids is 1. The lowest BCUT2D eigenvalue weighted by Crippen LogP contribution is -2.46. The Morgan fingerprint density at radius 1 is 1.50 bits per heavy atom. The zero-order valence-corrected chi connectivity index (χ0v) is 9.12. The van der Waals surface area contributed by atoms with Crippen molar-refractivity contribution in [3.8, 4) is 0 Å². The van der Waals surface area contributed by atoms with Gasteiger partial charge in [0.15, 0.2) is 0 Å². The zero-order valence-electron chi connectivity index (χ0n) is 9.12. The molecule has 0 aliphatic heterocycles. The molecule has 2 aliphatic rings. The van der Waals surface area contributed by atoms with Crippen LogP contribution in [0.1, 0.15) is 32.6 Å². The molecule has 2 amide bonds. The van der Waals surface area contributed by atoms with Crippen LogP contribution < -0.4 is 5.32 Å². The van der Waals surface area contributed by atoms with Gasteiger partial charge in [0.2, 0.25) is 0 Å². The van der Waals surface area contributed by atoms with Crippen molar-refractivity contribution < 1.29 is 4.79 Å². The number of nitrogens with zero attached hydrogens (tertiary/aromatic N) is 1. The van der Waals surface area contributed by atoms with Gasteiger partial charge in [-0.05, 0) is 37.5 Å². The van der Waals surface area contributed by atoms with E-state index in [-0.39, 0.29) is 6.03 Å². The normalized spacial score (nSPS) is 30.7. The summed E-state index contributed by atoms with van der Waals surface area (Å²) in [6.45, 7) is 3.18. The monoisotopic (exact) mass is 196 g/mol. The largest absolute Gasteiger partial charge is 0.335 e. The van der Waals surface area contributed by atoms with Gasteiger partial charge in [0.25, 0.3) is 0 Å². The fourth-order valence-electron chi connectivity index (χ4n) is 1.93. The summed E-state index contributed by atoms with van der Waals surface area (Å²) in [4.78, 5) is 13.5. The second-order valence-electron chi connectivity index (χ2n) is 4.93. The highest BCUT2D eigenvalue weighted by Gasteiger charge is 2.34. The first-order chi connectivity index (χ1) is 6.66. The first kappa shape index (κ1) is 9.81. The molecule has 2 atom stereocenters. The first-order valence-electron chi connectivity index (χ1n) is 5.68. The van der Waals surface area contributed by atoms with E-state index in [4.69, 9.17) is 0 Å². The van der Waals surface area contributed by atoms with Crippen LogP contribution in [0, 0.1) is 11.8 Å². The van der Waals surface area contributed by atoms with Crippen molar-refractivity contribution in [3.05, 3.63) is 0 Å². The van der Waals surface area contributed by atoms with Gasteiger partial charge in [0.05, 0.1) is 0 Å². The van der Waals surface area contributed by atoms with Crippen LogP contribution >= 0.6 is 0 Å². The molecule has 0 saturated heterocycles. The fraction of sp³-hybridized carbons (Fsp3) is 0.909. The predicted molar refractivity (Wildman–Crippen MR) is 56.1 cm³/mol. The van der Waals surface area contributed by atoms with Crippen LogP contribution in [0.4, 0.5) is 4.79 Å². The summed E-state index contributed by atoms with van der Waals surface area (Å²) in [5.41, 5.74) is 0. The van der Waals surface area contributed by atoms with Crippen molar-refractivity contribution in [2.75, 3.05) is 13.6 Å². The topological polar surface area (TPSA) is 32.3 Å². The highest BCUT2D eigenvalue weighted by atomic mass is 16.2. The maximum absolute atomic E-state index is 11.6. The minimum absolute atomic E-state index is 0.119. The summed E-state index contributed by atoms with van der Waals surface area (Å²) in [5, 5.41) is 3.05. The third-order valence-electron chi connectivity index (χ3n) is 3.56. The Labute approximate surface area is 85.8 Å². The lowest BCUT2D eigenvalue weighted by molar-refractivity contribution is 0.194. The molecule has 14 heavy (non-hydrogen) atoms. The van der Waals surface area contributed by atoms with E-state index in [9.17, 15) is 4.79 Å². The second kappa shape index (κ2) is 3.79. The van der Waals surface area contributed by atoms with Crippen molar-refractivity contribution in [2.45, 2.75) is 38.6 Å². The summed E-state index contributed by atoms with van der Waals surface area (Å²) in [6.07, 6.45) is 4.90. The number of hydrogen-bond acceptors (Lipinski definition) is 1. The van der Waals surface area contributed by atoms with Gasteiger partial charge in [-0.1, -0.05) is 6.92 Å². The molecule has 2 rings (SSSR count). The summed E-state index contributed by atoms with van der Waals surface area (Å²) in [7, 11) is 1.90. The molecular weight excluding hydrogens is 176 g/mol. The summed E-state index contributed by atoms with van der Waals surface area (Å²) in [6, 6.07) is 0.579. The summed E-state index contributed by atoms with van der Waals surface area (Å²) >= 11 is 0. The maximum atomic E-state index is 11.6. The van der Waals surface area contributed by atoms with Crippen LogP contribution in [0.15, 0.2) is 0 Å². The van der Waals surface area contributed by atoms with Crippen molar-refractivity contribution >= 4 is 6.03 Å². The van der Waals surface area contributed by atoms with E-state index in [1.54, 1.807) is 0 Å². The molecular formula is C11H20N2O. The maximum Gasteiger partial charge on any atom is 0.317 e. The Morgan fingerprint density at radius 2 is 2.14 bits per heavy atom. The van der Waals surface area contributed by atoms with Gasteiger partial charge >= 0.3 is 6.03 Å². The van der Waals surface area contributed by atoms with Gasteiger partial charge in [-0.25, -0.2) is 4.79 Å². The highest BCUT2D eigenvalue weighted by Crippen LogP contribution is 2.37. The highest BCUT2D eigenvalue weighted by molar-refractivity contribution is 5.74. The van der Waals surface area contributed by atoms with Crippen molar-refractivity contribution in [1.82, 2.24) is 10.2 Å². The van der Waals surface area contributed by atoms with E-state index < -0.39 is 0 Å². The van der Waals surface area contributed by atoms with Crippen molar-refractivity contribution in [2.24, 2.45) is 11.8 Å². The molecule has 1 N–H and O–H groups in total. The summed E-state index contributed by atoms with van der Waals surface area (Å²) in [5.74, 6) is 1.58. The molecule has 0 heterocycles. The van der Waals surface area contributed by atoms with Crippen LogP contribution in [0.25, 0.3) is 0 Å². The third-order valence-corrected chi connectivity index (χ3v) is 3.56. The fourth-order valence-corrected chi connectivity index (χ4v) is 1.93. The molecule has 2 aliphatic carbocycles. The molecule has 0 aromatic carbocycles. The minimum Gasteiger partial charge on any atom is -0.335 e. The molecule has 0 bridgehead atoms. The number of carbonyl (C=O) groups is 1. The smallest absolute Gasteiger partial charge is 0.317 e. The van der Waals surface area contributed by atoms with Crippen molar-refractivity contribution in [3.63, 3.8) is 0 Å². The van der Waals surface area contributed by atoms with Gasteiger partial charge in [-0.15, -0.1) is 0 Å². The molecule has 3 nitrogen and oxygen atoms in total. The number of rotatable bonds is 3. The van der Waals surface area contributed by atoms with Crippen LogP contribution in [0.5, 0.6) is 0 Å². The zero-order chi connectivity index (χ0) is 10.1. The van der Waals surface area contributed by atoms with Crippen molar-refractivity contribution in [1.29, 1.82) is 0 Å². The standard InChI is InChI=1S/C11H20N2O/c1-8-6-9(8)7-13(2)11(14)12-10-4-3-5-10/h8-10H,3-7H2,1-2H3,(H,12,14). The van der Waals surface area contributed by atoms with Crippen LogP contribution in [-0.4, -0.2) is 30.6 Å². The van der Waals surface area contributed by atoms with Gasteiger partial charge in [-0.2, -0.15) is 0 Å². The van der Waals surface area contributed by atoms with Crippen LogP contribution in [0.3, 0.4) is 0 Å². The van der Waals surface area contributed by atoms with Gasteiger partial charge in [-0.3, -0.25) is 0 Å². The first-order valence-corrected chi connectivity index (χ1v) is 5.68. The molecule has 0 aromatic heterocycles. The van der Waals surface area contributed by atoms with E-state index in [2.05, 4.69) is 12.2 Å². The Balaban J connectivity index is 1.67. The van der Waals surface area contributed by atoms with E-state index in [1.807, 2.05) is 11.9 Å². The number of nitrogens with one attached hydrogen (secondary N) is 1. The van der Waals surface area contributed by atoms with E-state index >= 15 is 0 Å². The molecule has 0 radical (unpaired) electrons. The number of amides is 2. The molecule has 0 spiro atoms. The number of hydrogen-bond donors (Lipinski definition) is 1. The minimum atomic E-state index is 0.119. The number of urea groups is 1. The Bertz CT molecular complexity index is 225. The third kappa shape index (κ3) is 2.20. The Hall–Kier alpha value is -0.730. The molecule has 2 saturated carbocycles. The molecule has 0 aromatic rings. The molecule has 2 unspecified atom stereocenters. The van der Waals surface area contributed by atoms with E-state index in [1.165, 1.54) is 25.7 Å². The predicted octanol–water partition coefficient (Wildman–Crippen LogP) is 1.84. The van der Waals surface area contributed by atoms with Gasteiger partial charge < -0.3 is 10.2 Å². The quantitative estimate of drug-likeness (QED) is 0.734. The average Bonchev–Trinajstić information content (AvgIpc) is 2.74.